The predicted octanol–water partition coefficient (Wildman–Crippen LogP) is 2.58. The van der Waals surface area contributed by atoms with Crippen LogP contribution in [0.2, 0.25) is 0 Å². The number of hydrogen-bond donors (Lipinski definition) is 1. The van der Waals surface area contributed by atoms with Gasteiger partial charge in [0.2, 0.25) is 5.96 Å². The highest BCUT2D eigenvalue weighted by molar-refractivity contribution is 8.03. The third kappa shape index (κ3) is 2.63. The van der Waals surface area contributed by atoms with Crippen LogP contribution in [-0.4, -0.2) is 41.6 Å². The number of benzene rings is 1. The zero-order valence-electron chi connectivity index (χ0n) is 11.7. The van der Waals surface area contributed by atoms with Crippen LogP contribution in [0.25, 0.3) is 0 Å². The molecule has 3 rings (SSSR count). The van der Waals surface area contributed by atoms with Crippen LogP contribution >= 0.6 is 11.8 Å². The smallest absolute Gasteiger partial charge is 0.200 e. The minimum atomic E-state index is 0.608. The van der Waals surface area contributed by atoms with Crippen molar-refractivity contribution in [2.45, 2.75) is 12.8 Å². The normalized spacial score (nSPS) is 23.8. The largest absolute Gasteiger partial charge is 0.369 e. The molecule has 0 aromatic heterocycles. The topological polar surface area (TPSA) is 44.9 Å². The lowest BCUT2D eigenvalue weighted by atomic mass is 10.3. The molecule has 0 amide bonds. The van der Waals surface area contributed by atoms with Gasteiger partial charge in [0.25, 0.3) is 0 Å². The number of guanidine groups is 1. The predicted molar refractivity (Wildman–Crippen MR) is 85.8 cm³/mol. The molecule has 5 heteroatoms. The van der Waals surface area contributed by atoms with Gasteiger partial charge in [-0.1, -0.05) is 18.2 Å². The molecule has 2 N–H and O–H groups in total. The van der Waals surface area contributed by atoms with Gasteiger partial charge in [-0.25, -0.2) is 4.99 Å². The molecule has 2 heterocycles. The molecule has 0 aliphatic carbocycles. The number of nitrogens with two attached hydrogens (primary N) is 1. The highest BCUT2D eigenvalue weighted by atomic mass is 32.2. The summed E-state index contributed by atoms with van der Waals surface area (Å²) in [6.45, 7) is 2.09. The van der Waals surface area contributed by atoms with Gasteiger partial charge in [0.1, 0.15) is 0 Å². The highest BCUT2D eigenvalue weighted by Crippen LogP contribution is 2.35. The number of likely N-dealkylation sites (tertiary alicyclic amines) is 1. The van der Waals surface area contributed by atoms with E-state index in [1.54, 1.807) is 0 Å². The third-order valence-electron chi connectivity index (χ3n) is 3.66. The van der Waals surface area contributed by atoms with Crippen LogP contribution in [0.4, 0.5) is 5.69 Å². The average molecular weight is 288 g/mol. The first-order valence-corrected chi connectivity index (χ1v) is 7.98. The van der Waals surface area contributed by atoms with Gasteiger partial charge in [0.15, 0.2) is 0 Å². The second kappa shape index (κ2) is 5.79. The van der Waals surface area contributed by atoms with Crippen molar-refractivity contribution in [3.05, 3.63) is 41.1 Å². The molecule has 106 valence electrons. The number of nitrogens with zero attached hydrogens (tertiary/aromatic N) is 3. The fraction of sp³-hybridized carbons (Fsp3) is 0.400. The van der Waals surface area contributed by atoms with E-state index in [0.717, 1.165) is 31.6 Å². The molecule has 0 atom stereocenters. The minimum Gasteiger partial charge on any atom is -0.369 e. The van der Waals surface area contributed by atoms with Crippen molar-refractivity contribution in [3.63, 3.8) is 0 Å². The Morgan fingerprint density at radius 2 is 2.05 bits per heavy atom. The zero-order valence-corrected chi connectivity index (χ0v) is 12.6. The molecular formula is C15H20N4S. The average Bonchev–Trinajstić information content (AvgIpc) is 3.07. The standard InChI is InChI=1S/C15H20N4S/c1-18-10-11-20-14(18)13-8-5-9-19(13)15(16)17-12-6-3-2-4-7-12/h2-4,6-7H,5,8-11H2,1H3,(H2,16,17). The zero-order chi connectivity index (χ0) is 13.9. The highest BCUT2D eigenvalue weighted by Gasteiger charge is 2.27. The lowest BCUT2D eigenvalue weighted by Crippen LogP contribution is -2.34. The Morgan fingerprint density at radius 3 is 2.75 bits per heavy atom. The lowest BCUT2D eigenvalue weighted by molar-refractivity contribution is 0.467. The Balaban J connectivity index is 1.87. The van der Waals surface area contributed by atoms with Crippen LogP contribution in [0.5, 0.6) is 0 Å². The number of thioether (sulfide) groups is 1. The summed E-state index contributed by atoms with van der Waals surface area (Å²) < 4.78 is 0. The first-order valence-electron chi connectivity index (χ1n) is 6.99. The summed E-state index contributed by atoms with van der Waals surface area (Å²) in [5.41, 5.74) is 8.48. The molecule has 1 aromatic carbocycles. The summed E-state index contributed by atoms with van der Waals surface area (Å²) >= 11 is 1.93. The van der Waals surface area contributed by atoms with Gasteiger partial charge in [0, 0.05) is 25.9 Å². The number of allylic oxidation sites excluding steroid dienone is 1. The number of para-hydroxylation sites is 1. The van der Waals surface area contributed by atoms with Crippen LogP contribution in [0, 0.1) is 0 Å². The van der Waals surface area contributed by atoms with Crippen LogP contribution < -0.4 is 5.73 Å². The van der Waals surface area contributed by atoms with Gasteiger partial charge in [-0.05, 0) is 25.0 Å². The molecule has 2 aliphatic rings. The van der Waals surface area contributed by atoms with Gasteiger partial charge in [0.05, 0.1) is 16.4 Å². The Morgan fingerprint density at radius 1 is 1.25 bits per heavy atom. The molecule has 20 heavy (non-hydrogen) atoms. The van der Waals surface area contributed by atoms with Gasteiger partial charge >= 0.3 is 0 Å². The molecule has 0 spiro atoms. The first-order chi connectivity index (χ1) is 9.75. The van der Waals surface area contributed by atoms with E-state index in [1.807, 2.05) is 42.1 Å². The molecule has 0 unspecified atom stereocenters. The van der Waals surface area contributed by atoms with Crippen molar-refractivity contribution >= 4 is 23.4 Å². The molecule has 2 fully saturated rings. The maximum absolute atomic E-state index is 6.23. The Labute approximate surface area is 124 Å². The van der Waals surface area contributed by atoms with E-state index in [0.29, 0.717) is 5.96 Å². The first kappa shape index (κ1) is 13.4. The number of rotatable bonds is 1. The molecule has 0 saturated carbocycles. The van der Waals surface area contributed by atoms with Crippen molar-refractivity contribution < 1.29 is 0 Å². The van der Waals surface area contributed by atoms with Gasteiger partial charge in [-0.3, -0.25) is 0 Å². The second-order valence-electron chi connectivity index (χ2n) is 5.08. The van der Waals surface area contributed by atoms with E-state index in [1.165, 1.54) is 16.5 Å². The summed E-state index contributed by atoms with van der Waals surface area (Å²) in [6, 6.07) is 9.91. The van der Waals surface area contributed by atoms with Crippen LogP contribution in [-0.2, 0) is 0 Å². The maximum atomic E-state index is 6.23. The molecule has 4 nitrogen and oxygen atoms in total. The monoisotopic (exact) mass is 288 g/mol. The second-order valence-corrected chi connectivity index (χ2v) is 6.17. The maximum Gasteiger partial charge on any atom is 0.200 e. The van der Waals surface area contributed by atoms with E-state index >= 15 is 0 Å². The number of aliphatic imine (C=N–C) groups is 1. The summed E-state index contributed by atoms with van der Waals surface area (Å²) in [4.78, 5) is 9.05. The Hall–Kier alpha value is -1.62. The van der Waals surface area contributed by atoms with Crippen molar-refractivity contribution in [3.8, 4) is 0 Å². The van der Waals surface area contributed by atoms with Gasteiger partial charge in [-0.2, -0.15) is 0 Å². The van der Waals surface area contributed by atoms with Gasteiger partial charge in [-0.15, -0.1) is 11.8 Å². The SMILES string of the molecule is CN1CCSC1=C1CCCN1C(N)=Nc1ccccc1. The summed E-state index contributed by atoms with van der Waals surface area (Å²) in [5, 5.41) is 1.37. The molecule has 1 aromatic rings. The third-order valence-corrected chi connectivity index (χ3v) is 4.86. The summed E-state index contributed by atoms with van der Waals surface area (Å²) in [5.74, 6) is 1.77. The summed E-state index contributed by atoms with van der Waals surface area (Å²) in [6.07, 6.45) is 2.25. The minimum absolute atomic E-state index is 0.608. The fourth-order valence-corrected chi connectivity index (χ4v) is 3.89. The van der Waals surface area contributed by atoms with E-state index in [2.05, 4.69) is 21.8 Å². The Bertz CT molecular complexity index is 538. The van der Waals surface area contributed by atoms with Crippen molar-refractivity contribution in [1.82, 2.24) is 9.80 Å². The van der Waals surface area contributed by atoms with E-state index < -0.39 is 0 Å². The molecule has 2 saturated heterocycles. The van der Waals surface area contributed by atoms with E-state index in [9.17, 15) is 0 Å². The van der Waals surface area contributed by atoms with Crippen LogP contribution in [0.1, 0.15) is 12.8 Å². The quantitative estimate of drug-likeness (QED) is 0.637. The van der Waals surface area contributed by atoms with Crippen LogP contribution in [0.3, 0.4) is 0 Å². The van der Waals surface area contributed by atoms with E-state index in [4.69, 9.17) is 5.73 Å². The van der Waals surface area contributed by atoms with Crippen molar-refractivity contribution in [1.29, 1.82) is 0 Å². The van der Waals surface area contributed by atoms with E-state index in [-0.39, 0.29) is 0 Å². The number of hydrogen-bond acceptors (Lipinski definition) is 3. The molecule has 0 bridgehead atoms. The molecular weight excluding hydrogens is 268 g/mol. The van der Waals surface area contributed by atoms with Crippen molar-refractivity contribution in [2.75, 3.05) is 25.9 Å². The lowest BCUT2D eigenvalue weighted by Gasteiger charge is -2.23. The van der Waals surface area contributed by atoms with Gasteiger partial charge < -0.3 is 15.5 Å². The molecule has 0 radical (unpaired) electrons. The van der Waals surface area contributed by atoms with Crippen molar-refractivity contribution in [2.24, 2.45) is 10.7 Å². The summed E-state index contributed by atoms with van der Waals surface area (Å²) in [7, 11) is 2.16. The molecule has 2 aliphatic heterocycles. The van der Waals surface area contributed by atoms with Crippen LogP contribution in [0.15, 0.2) is 46.1 Å². The Kier molecular flexibility index (Phi) is 3.87. The fourth-order valence-electron chi connectivity index (χ4n) is 2.64.